The molecule has 0 spiro atoms. The van der Waals surface area contributed by atoms with Crippen LogP contribution in [0, 0.1) is 5.92 Å². The largest absolute Gasteiger partial charge is 0.497 e. The van der Waals surface area contributed by atoms with Crippen molar-refractivity contribution in [2.75, 3.05) is 25.5 Å². The number of methoxy groups -OCH3 is 1. The lowest BCUT2D eigenvalue weighted by atomic mass is 9.97. The number of amides is 1. The van der Waals surface area contributed by atoms with Gasteiger partial charge in [0, 0.05) is 29.7 Å². The van der Waals surface area contributed by atoms with Crippen LogP contribution in [0.4, 0.5) is 5.69 Å². The van der Waals surface area contributed by atoms with E-state index < -0.39 is 10.0 Å². The molecule has 9 nitrogen and oxygen atoms in total. The van der Waals surface area contributed by atoms with Crippen LogP contribution in [0.25, 0.3) is 16.7 Å². The number of halogens is 1. The van der Waals surface area contributed by atoms with Crippen LogP contribution < -0.4 is 10.1 Å². The van der Waals surface area contributed by atoms with E-state index in [4.69, 9.17) is 16.3 Å². The molecule has 0 bridgehead atoms. The Morgan fingerprint density at radius 1 is 0.972 bits per heavy atom. The number of ether oxygens (including phenoxy) is 1. The first-order valence-electron chi connectivity index (χ1n) is 11.4. The van der Waals surface area contributed by atoms with Crippen molar-refractivity contribution in [3.05, 3.63) is 71.8 Å². The van der Waals surface area contributed by atoms with E-state index in [-0.39, 0.29) is 29.8 Å². The van der Waals surface area contributed by atoms with Crippen molar-refractivity contribution in [1.29, 1.82) is 0 Å². The van der Waals surface area contributed by atoms with Gasteiger partial charge >= 0.3 is 0 Å². The van der Waals surface area contributed by atoms with Gasteiger partial charge in [0.05, 0.1) is 17.7 Å². The summed E-state index contributed by atoms with van der Waals surface area (Å²) in [5, 5.41) is 12.4. The molecular weight excluding hydrogens is 502 g/mol. The van der Waals surface area contributed by atoms with Gasteiger partial charge in [0.2, 0.25) is 15.9 Å². The predicted molar refractivity (Wildman–Crippen MR) is 137 cm³/mol. The summed E-state index contributed by atoms with van der Waals surface area (Å²) >= 11 is 5.87. The van der Waals surface area contributed by atoms with Gasteiger partial charge in [0.1, 0.15) is 16.8 Å². The normalized spacial score (nSPS) is 15.2. The smallest absolute Gasteiger partial charge is 0.243 e. The van der Waals surface area contributed by atoms with Crippen LogP contribution in [0.1, 0.15) is 12.8 Å². The molecule has 1 aliphatic rings. The van der Waals surface area contributed by atoms with E-state index in [1.165, 1.54) is 21.2 Å². The van der Waals surface area contributed by atoms with Crippen molar-refractivity contribution in [3.8, 4) is 11.4 Å². The molecule has 0 saturated carbocycles. The zero-order valence-electron chi connectivity index (χ0n) is 19.5. The summed E-state index contributed by atoms with van der Waals surface area (Å²) in [6.07, 6.45) is 0.878. The van der Waals surface area contributed by atoms with Crippen LogP contribution in [-0.4, -0.2) is 53.8 Å². The van der Waals surface area contributed by atoms with E-state index in [1.807, 2.05) is 24.3 Å². The molecule has 1 aliphatic heterocycles. The molecule has 1 amide bonds. The number of piperidine rings is 1. The summed E-state index contributed by atoms with van der Waals surface area (Å²) in [6.45, 7) is 0.552. The van der Waals surface area contributed by atoms with Crippen LogP contribution in [0.3, 0.4) is 0 Å². The number of carbonyl (C=O) groups is 1. The average Bonchev–Trinajstić information content (AvgIpc) is 3.32. The number of hydrogen-bond acceptors (Lipinski definition) is 6. The number of hydrogen-bond donors (Lipinski definition) is 1. The minimum absolute atomic E-state index is 0.138. The summed E-state index contributed by atoms with van der Waals surface area (Å²) in [4.78, 5) is 14.6. The molecule has 1 saturated heterocycles. The van der Waals surface area contributed by atoms with Gasteiger partial charge in [-0.1, -0.05) is 11.6 Å². The highest BCUT2D eigenvalue weighted by atomic mass is 35.5. The predicted octanol–water partition coefficient (Wildman–Crippen LogP) is 4.12. The minimum Gasteiger partial charge on any atom is -0.497 e. The third-order valence-electron chi connectivity index (χ3n) is 6.23. The number of fused-ring (bicyclic) bond motifs is 1. The molecular formula is C25H24ClN5O4S. The first kappa shape index (κ1) is 24.2. The van der Waals surface area contributed by atoms with Crippen molar-refractivity contribution in [3.63, 3.8) is 0 Å². The maximum Gasteiger partial charge on any atom is 0.243 e. The number of aromatic nitrogens is 3. The molecule has 3 aromatic carbocycles. The van der Waals surface area contributed by atoms with Crippen molar-refractivity contribution in [1.82, 2.24) is 19.3 Å². The Labute approximate surface area is 213 Å². The molecule has 0 atom stereocenters. The number of nitrogens with one attached hydrogen (secondary N) is 1. The molecule has 1 aromatic heterocycles. The van der Waals surface area contributed by atoms with E-state index in [0.717, 1.165) is 11.4 Å². The van der Waals surface area contributed by atoms with Crippen molar-refractivity contribution < 1.29 is 17.9 Å². The molecule has 1 N–H and O–H groups in total. The highest BCUT2D eigenvalue weighted by Crippen LogP contribution is 2.26. The molecule has 186 valence electrons. The van der Waals surface area contributed by atoms with Crippen molar-refractivity contribution >= 4 is 44.3 Å². The fourth-order valence-corrected chi connectivity index (χ4v) is 5.78. The van der Waals surface area contributed by atoms with E-state index in [1.54, 1.807) is 37.4 Å². The van der Waals surface area contributed by atoms with Gasteiger partial charge in [0.25, 0.3) is 0 Å². The SMILES string of the molecule is COc1ccc(-n2nc3ccc(NC(=O)C4CCN(S(=O)(=O)c5ccc(Cl)cc5)CC4)cc3n2)cc1. The molecule has 11 heteroatoms. The maximum atomic E-state index is 12.9. The second-order valence-corrected chi connectivity index (χ2v) is 10.9. The summed E-state index contributed by atoms with van der Waals surface area (Å²) in [5.74, 6) is 0.321. The van der Waals surface area contributed by atoms with Crippen LogP contribution in [0.5, 0.6) is 5.75 Å². The molecule has 36 heavy (non-hydrogen) atoms. The van der Waals surface area contributed by atoms with Gasteiger partial charge < -0.3 is 10.1 Å². The van der Waals surface area contributed by atoms with Crippen LogP contribution in [0.15, 0.2) is 71.6 Å². The van der Waals surface area contributed by atoms with Crippen molar-refractivity contribution in [2.45, 2.75) is 17.7 Å². The molecule has 1 fully saturated rings. The first-order chi connectivity index (χ1) is 17.3. The van der Waals surface area contributed by atoms with E-state index in [0.29, 0.717) is 34.6 Å². The number of carbonyl (C=O) groups excluding carboxylic acids is 1. The third kappa shape index (κ3) is 4.92. The quantitative estimate of drug-likeness (QED) is 0.406. The highest BCUT2D eigenvalue weighted by molar-refractivity contribution is 7.89. The van der Waals surface area contributed by atoms with Gasteiger partial charge in [-0.3, -0.25) is 4.79 Å². The number of anilines is 1. The number of sulfonamides is 1. The number of benzene rings is 3. The minimum atomic E-state index is -3.62. The zero-order chi connectivity index (χ0) is 25.3. The third-order valence-corrected chi connectivity index (χ3v) is 8.39. The lowest BCUT2D eigenvalue weighted by Gasteiger charge is -2.30. The standard InChI is InChI=1S/C25H24ClN5O4S/c1-35-21-7-5-20(6-8-21)31-28-23-11-4-19(16-24(23)29-31)27-25(32)17-12-14-30(15-13-17)36(33,34)22-9-2-18(26)3-10-22/h2-11,16-17H,12-15H2,1H3,(H,27,32). The van der Waals surface area contributed by atoms with Gasteiger partial charge in [0.15, 0.2) is 0 Å². The second-order valence-electron chi connectivity index (χ2n) is 8.51. The maximum absolute atomic E-state index is 12.9. The lowest BCUT2D eigenvalue weighted by Crippen LogP contribution is -2.41. The van der Waals surface area contributed by atoms with E-state index in [9.17, 15) is 13.2 Å². The van der Waals surface area contributed by atoms with Crippen LogP contribution in [0.2, 0.25) is 5.02 Å². The van der Waals surface area contributed by atoms with Gasteiger partial charge in [-0.15, -0.1) is 10.2 Å². The van der Waals surface area contributed by atoms with Gasteiger partial charge in [-0.05, 0) is 79.6 Å². The van der Waals surface area contributed by atoms with E-state index >= 15 is 0 Å². The Morgan fingerprint density at radius 3 is 2.31 bits per heavy atom. The Bertz CT molecular complexity index is 1500. The fraction of sp³-hybridized carbons (Fsp3) is 0.240. The Kier molecular flexibility index (Phi) is 6.65. The first-order valence-corrected chi connectivity index (χ1v) is 13.2. The van der Waals surface area contributed by atoms with Crippen LogP contribution >= 0.6 is 11.6 Å². The van der Waals surface area contributed by atoms with Crippen LogP contribution in [-0.2, 0) is 14.8 Å². The molecule has 0 unspecified atom stereocenters. The molecule has 2 heterocycles. The van der Waals surface area contributed by atoms with Crippen molar-refractivity contribution in [2.24, 2.45) is 5.92 Å². The van der Waals surface area contributed by atoms with Gasteiger partial charge in [-0.2, -0.15) is 9.10 Å². The molecule has 4 aromatic rings. The molecule has 5 rings (SSSR count). The number of nitrogens with zero attached hydrogens (tertiary/aromatic N) is 4. The Hall–Kier alpha value is -3.47. The van der Waals surface area contributed by atoms with Gasteiger partial charge in [-0.25, -0.2) is 8.42 Å². The zero-order valence-corrected chi connectivity index (χ0v) is 21.0. The molecule has 0 aliphatic carbocycles. The monoisotopic (exact) mass is 525 g/mol. The number of rotatable bonds is 6. The Balaban J connectivity index is 1.23. The van der Waals surface area contributed by atoms with E-state index in [2.05, 4.69) is 15.5 Å². The summed E-state index contributed by atoms with van der Waals surface area (Å²) in [5.41, 5.74) is 2.75. The summed E-state index contributed by atoms with van der Waals surface area (Å²) in [6, 6.07) is 18.9. The fourth-order valence-electron chi connectivity index (χ4n) is 4.18. The Morgan fingerprint density at radius 2 is 1.64 bits per heavy atom. The second kappa shape index (κ2) is 9.88. The highest BCUT2D eigenvalue weighted by Gasteiger charge is 2.32. The summed E-state index contributed by atoms with van der Waals surface area (Å²) < 4.78 is 32.4. The average molecular weight is 526 g/mol. The lowest BCUT2D eigenvalue weighted by molar-refractivity contribution is -0.120. The topological polar surface area (TPSA) is 106 Å². The summed E-state index contributed by atoms with van der Waals surface area (Å²) in [7, 11) is -2.01. The molecule has 0 radical (unpaired) electrons.